The molecule has 6 aromatic rings. The van der Waals surface area contributed by atoms with Gasteiger partial charge in [-0.15, -0.1) is 0 Å². The van der Waals surface area contributed by atoms with Gasteiger partial charge >= 0.3 is 0 Å². The Balaban J connectivity index is 1.43. The summed E-state index contributed by atoms with van der Waals surface area (Å²) in [4.78, 5) is 0. The Bertz CT molecular complexity index is 1890. The molecule has 1 aliphatic rings. The molecule has 0 N–H and O–H groups in total. The van der Waals surface area contributed by atoms with Crippen LogP contribution in [0.25, 0.3) is 55.3 Å². The monoisotopic (exact) mass is 514 g/mol. The fraction of sp³-hybridized carbons (Fsp3) is 0.150. The number of rotatable bonds is 4. The normalized spacial score (nSPS) is 13.3. The zero-order valence-corrected chi connectivity index (χ0v) is 23.8. The van der Waals surface area contributed by atoms with Crippen LogP contribution in [0.1, 0.15) is 43.0 Å². The lowest BCUT2D eigenvalue weighted by molar-refractivity contribution is 0.660. The van der Waals surface area contributed by atoms with Crippen LogP contribution in [0.15, 0.2) is 121 Å². The quantitative estimate of drug-likeness (QED) is 0.219. The van der Waals surface area contributed by atoms with Crippen LogP contribution in [0, 0.1) is 6.92 Å². The smallest absolute Gasteiger partial charge is 0.0159 e. The van der Waals surface area contributed by atoms with E-state index in [2.05, 4.69) is 149 Å². The van der Waals surface area contributed by atoms with Gasteiger partial charge in [0, 0.05) is 5.41 Å². The minimum atomic E-state index is -0.0143. The molecule has 0 atom stereocenters. The fourth-order valence-electron chi connectivity index (χ4n) is 7.09. The van der Waals surface area contributed by atoms with Gasteiger partial charge in [-0.25, -0.2) is 0 Å². The summed E-state index contributed by atoms with van der Waals surface area (Å²) in [5, 5.41) is 2.66. The van der Waals surface area contributed by atoms with Crippen molar-refractivity contribution in [2.24, 2.45) is 0 Å². The van der Waals surface area contributed by atoms with E-state index >= 15 is 0 Å². The van der Waals surface area contributed by atoms with Crippen molar-refractivity contribution in [2.75, 3.05) is 0 Å². The van der Waals surface area contributed by atoms with Crippen LogP contribution >= 0.6 is 0 Å². The molecular weight excluding hydrogens is 480 g/mol. The second-order valence-electron chi connectivity index (χ2n) is 11.6. The number of benzene rings is 6. The molecule has 0 aromatic heterocycles. The van der Waals surface area contributed by atoms with Crippen molar-refractivity contribution in [3.05, 3.63) is 144 Å². The summed E-state index contributed by atoms with van der Waals surface area (Å²) in [7, 11) is 0. The molecule has 0 nitrogen and oxygen atoms in total. The van der Waals surface area contributed by atoms with E-state index in [1.807, 2.05) is 0 Å². The molecule has 0 heterocycles. The van der Waals surface area contributed by atoms with E-state index in [-0.39, 0.29) is 5.41 Å². The molecule has 0 radical (unpaired) electrons. The average Bonchev–Trinajstić information content (AvgIpc) is 3.23. The Labute approximate surface area is 238 Å². The molecule has 194 valence electrons. The van der Waals surface area contributed by atoms with Gasteiger partial charge in [0.2, 0.25) is 0 Å². The molecule has 1 aliphatic carbocycles. The van der Waals surface area contributed by atoms with Gasteiger partial charge in [0.25, 0.3) is 0 Å². The van der Waals surface area contributed by atoms with Crippen LogP contribution in [0.5, 0.6) is 0 Å². The maximum absolute atomic E-state index is 2.48. The summed E-state index contributed by atoms with van der Waals surface area (Å²) < 4.78 is 0. The van der Waals surface area contributed by atoms with Crippen LogP contribution in [-0.4, -0.2) is 0 Å². The van der Waals surface area contributed by atoms with E-state index in [0.717, 1.165) is 6.42 Å². The lowest BCUT2D eigenvalue weighted by Gasteiger charge is -2.24. The van der Waals surface area contributed by atoms with Gasteiger partial charge in [0.1, 0.15) is 0 Å². The van der Waals surface area contributed by atoms with Crippen LogP contribution in [0.4, 0.5) is 0 Å². The molecule has 0 aliphatic heterocycles. The minimum Gasteiger partial charge on any atom is -0.0622 e. The van der Waals surface area contributed by atoms with Crippen molar-refractivity contribution in [1.29, 1.82) is 0 Å². The van der Waals surface area contributed by atoms with Crippen molar-refractivity contribution >= 4 is 10.8 Å². The lowest BCUT2D eigenvalue weighted by Crippen LogP contribution is -2.15. The van der Waals surface area contributed by atoms with Crippen LogP contribution in [0.2, 0.25) is 0 Å². The highest BCUT2D eigenvalue weighted by Crippen LogP contribution is 2.51. The Morgan fingerprint density at radius 1 is 0.500 bits per heavy atom. The van der Waals surface area contributed by atoms with Crippen molar-refractivity contribution in [3.8, 4) is 44.5 Å². The molecule has 0 saturated carbocycles. The first-order valence-electron chi connectivity index (χ1n) is 14.4. The average molecular weight is 515 g/mol. The molecule has 0 bridgehead atoms. The summed E-state index contributed by atoms with van der Waals surface area (Å²) in [6.07, 6.45) is 0.988. The molecule has 7 rings (SSSR count). The maximum Gasteiger partial charge on any atom is 0.0159 e. The highest BCUT2D eigenvalue weighted by molar-refractivity contribution is 6.08. The van der Waals surface area contributed by atoms with Gasteiger partial charge in [0.15, 0.2) is 0 Å². The molecular formula is C40H34. The van der Waals surface area contributed by atoms with Crippen LogP contribution in [-0.2, 0) is 11.8 Å². The molecule has 6 aromatic carbocycles. The number of fused-ring (bicyclic) bond motifs is 4. The fourth-order valence-corrected chi connectivity index (χ4v) is 7.09. The van der Waals surface area contributed by atoms with E-state index in [1.165, 1.54) is 77.5 Å². The summed E-state index contributed by atoms with van der Waals surface area (Å²) >= 11 is 0. The Kier molecular flexibility index (Phi) is 5.75. The molecule has 40 heavy (non-hydrogen) atoms. The van der Waals surface area contributed by atoms with Gasteiger partial charge in [-0.2, -0.15) is 0 Å². The first kappa shape index (κ1) is 24.6. The van der Waals surface area contributed by atoms with Gasteiger partial charge in [-0.05, 0) is 96.9 Å². The Hall–Kier alpha value is -4.42. The van der Waals surface area contributed by atoms with E-state index in [4.69, 9.17) is 0 Å². The van der Waals surface area contributed by atoms with Crippen molar-refractivity contribution in [3.63, 3.8) is 0 Å². The van der Waals surface area contributed by atoms with E-state index in [1.54, 1.807) is 0 Å². The number of hydrogen-bond donors (Lipinski definition) is 0. The van der Waals surface area contributed by atoms with Crippen LogP contribution in [0.3, 0.4) is 0 Å². The minimum absolute atomic E-state index is 0.0143. The molecule has 0 unspecified atom stereocenters. The van der Waals surface area contributed by atoms with Gasteiger partial charge in [-0.3, -0.25) is 0 Å². The standard InChI is InChI=1S/C40H34/c1-5-31-26(2)38(29-21-19-28(20-22-29)27-13-7-6-8-14-27)34-16-9-10-17-35(34)39(31)30-23-24-33-32-15-11-12-18-36(32)40(3,4)37(33)25-30/h6-25H,5H2,1-4H3. The zero-order valence-electron chi connectivity index (χ0n) is 23.8. The number of hydrogen-bond acceptors (Lipinski definition) is 0. The first-order valence-corrected chi connectivity index (χ1v) is 14.4. The lowest BCUT2D eigenvalue weighted by atomic mass is 9.79. The summed E-state index contributed by atoms with van der Waals surface area (Å²) in [5.74, 6) is 0. The predicted octanol–water partition coefficient (Wildman–Crippen LogP) is 11.0. The maximum atomic E-state index is 2.48. The summed E-state index contributed by atoms with van der Waals surface area (Å²) in [5.41, 5.74) is 16.2. The van der Waals surface area contributed by atoms with Crippen molar-refractivity contribution < 1.29 is 0 Å². The van der Waals surface area contributed by atoms with Gasteiger partial charge in [-0.1, -0.05) is 136 Å². The van der Waals surface area contributed by atoms with E-state index < -0.39 is 0 Å². The Morgan fingerprint density at radius 2 is 1.05 bits per heavy atom. The first-order chi connectivity index (χ1) is 19.5. The predicted molar refractivity (Wildman–Crippen MR) is 172 cm³/mol. The highest BCUT2D eigenvalue weighted by Gasteiger charge is 2.35. The largest absolute Gasteiger partial charge is 0.0622 e. The second kappa shape index (κ2) is 9.35. The molecule has 0 spiro atoms. The third-order valence-corrected chi connectivity index (χ3v) is 9.10. The Morgan fingerprint density at radius 3 is 1.77 bits per heavy atom. The van der Waals surface area contributed by atoms with Gasteiger partial charge in [0.05, 0.1) is 0 Å². The molecule has 0 fully saturated rings. The van der Waals surface area contributed by atoms with E-state index in [0.29, 0.717) is 0 Å². The molecule has 0 heteroatoms. The van der Waals surface area contributed by atoms with Crippen molar-refractivity contribution in [1.82, 2.24) is 0 Å². The third-order valence-electron chi connectivity index (χ3n) is 9.10. The summed E-state index contributed by atoms with van der Waals surface area (Å²) in [6, 6.07) is 44.8. The van der Waals surface area contributed by atoms with E-state index in [9.17, 15) is 0 Å². The highest BCUT2D eigenvalue weighted by atomic mass is 14.4. The second-order valence-corrected chi connectivity index (χ2v) is 11.6. The summed E-state index contributed by atoms with van der Waals surface area (Å²) in [6.45, 7) is 9.36. The van der Waals surface area contributed by atoms with Crippen LogP contribution < -0.4 is 0 Å². The SMILES string of the molecule is CCc1c(C)c(-c2ccc(-c3ccccc3)cc2)c2ccccc2c1-c1ccc2c(c1)C(C)(C)c1ccccc1-2. The zero-order chi connectivity index (χ0) is 27.4. The van der Waals surface area contributed by atoms with Crippen molar-refractivity contribution in [2.45, 2.75) is 39.5 Å². The molecule has 0 saturated heterocycles. The topological polar surface area (TPSA) is 0 Å². The molecule has 0 amide bonds. The van der Waals surface area contributed by atoms with Gasteiger partial charge < -0.3 is 0 Å². The third kappa shape index (κ3) is 3.67.